The van der Waals surface area contributed by atoms with E-state index in [-0.39, 0.29) is 18.2 Å². The van der Waals surface area contributed by atoms with Crippen LogP contribution in [0.2, 0.25) is 0 Å². The van der Waals surface area contributed by atoms with Crippen LogP contribution >= 0.6 is 0 Å². The molecule has 9 nitrogen and oxygen atoms in total. The molecule has 32 heavy (non-hydrogen) atoms. The van der Waals surface area contributed by atoms with Gasteiger partial charge in [0.2, 0.25) is 23.6 Å². The molecule has 1 fully saturated rings. The third-order valence-corrected chi connectivity index (χ3v) is 5.60. The molecule has 2 amide bonds. The zero-order valence-electron chi connectivity index (χ0n) is 19.0. The number of pyridine rings is 1. The van der Waals surface area contributed by atoms with Crippen LogP contribution in [0.1, 0.15) is 82.5 Å². The SMILES string of the molecule is CCCOc1ncccc1CNC(=O)CCc1nc(C2(NC(C)=O)CCCCCC2)no1. The molecule has 2 aromatic rings. The van der Waals surface area contributed by atoms with Gasteiger partial charge in [0.05, 0.1) is 6.61 Å². The first kappa shape index (κ1) is 23.7. The van der Waals surface area contributed by atoms with Crippen molar-refractivity contribution in [1.82, 2.24) is 25.8 Å². The summed E-state index contributed by atoms with van der Waals surface area (Å²) in [4.78, 5) is 33.0. The van der Waals surface area contributed by atoms with E-state index >= 15 is 0 Å². The van der Waals surface area contributed by atoms with Gasteiger partial charge in [-0.1, -0.05) is 43.8 Å². The maximum atomic E-state index is 12.4. The number of ether oxygens (including phenoxy) is 1. The van der Waals surface area contributed by atoms with Gasteiger partial charge in [0.1, 0.15) is 5.54 Å². The van der Waals surface area contributed by atoms with Gasteiger partial charge in [0, 0.05) is 38.1 Å². The molecule has 1 saturated carbocycles. The minimum Gasteiger partial charge on any atom is -0.477 e. The van der Waals surface area contributed by atoms with Crippen LogP contribution in [0.3, 0.4) is 0 Å². The molecule has 174 valence electrons. The molecule has 3 rings (SSSR count). The highest BCUT2D eigenvalue weighted by Gasteiger charge is 2.38. The summed E-state index contributed by atoms with van der Waals surface area (Å²) in [5.74, 6) is 1.23. The average molecular weight is 444 g/mol. The van der Waals surface area contributed by atoms with E-state index in [1.54, 1.807) is 6.20 Å². The largest absolute Gasteiger partial charge is 0.477 e. The lowest BCUT2D eigenvalue weighted by molar-refractivity contribution is -0.122. The highest BCUT2D eigenvalue weighted by atomic mass is 16.5. The maximum Gasteiger partial charge on any atom is 0.227 e. The molecule has 0 spiro atoms. The summed E-state index contributed by atoms with van der Waals surface area (Å²) < 4.78 is 11.0. The molecule has 0 aliphatic heterocycles. The van der Waals surface area contributed by atoms with Gasteiger partial charge in [-0.3, -0.25) is 9.59 Å². The summed E-state index contributed by atoms with van der Waals surface area (Å²) in [5, 5.41) is 10.1. The van der Waals surface area contributed by atoms with Crippen molar-refractivity contribution < 1.29 is 18.8 Å². The van der Waals surface area contributed by atoms with Crippen molar-refractivity contribution in [2.45, 2.75) is 83.7 Å². The van der Waals surface area contributed by atoms with Gasteiger partial charge in [-0.15, -0.1) is 0 Å². The maximum absolute atomic E-state index is 12.4. The van der Waals surface area contributed by atoms with Gasteiger partial charge in [-0.05, 0) is 25.3 Å². The van der Waals surface area contributed by atoms with Crippen LogP contribution in [0, 0.1) is 0 Å². The van der Waals surface area contributed by atoms with E-state index in [4.69, 9.17) is 9.26 Å². The summed E-state index contributed by atoms with van der Waals surface area (Å²) in [5.41, 5.74) is 0.252. The molecule has 0 aromatic carbocycles. The van der Waals surface area contributed by atoms with Crippen molar-refractivity contribution in [3.05, 3.63) is 35.6 Å². The number of amides is 2. The number of hydrogen-bond acceptors (Lipinski definition) is 7. The fourth-order valence-corrected chi connectivity index (χ4v) is 4.01. The summed E-state index contributed by atoms with van der Waals surface area (Å²) in [6, 6.07) is 3.70. The highest BCUT2D eigenvalue weighted by molar-refractivity contribution is 5.76. The minimum absolute atomic E-state index is 0.102. The topological polar surface area (TPSA) is 119 Å². The van der Waals surface area contributed by atoms with Crippen molar-refractivity contribution in [3.8, 4) is 5.88 Å². The lowest BCUT2D eigenvalue weighted by Gasteiger charge is -2.30. The third kappa shape index (κ3) is 6.51. The number of aryl methyl sites for hydroxylation is 1. The van der Waals surface area contributed by atoms with Gasteiger partial charge in [-0.2, -0.15) is 4.98 Å². The molecule has 0 bridgehead atoms. The lowest BCUT2D eigenvalue weighted by atomic mass is 9.89. The number of carbonyl (C=O) groups is 2. The summed E-state index contributed by atoms with van der Waals surface area (Å²) >= 11 is 0. The van der Waals surface area contributed by atoms with E-state index in [2.05, 4.69) is 25.8 Å². The first-order valence-electron chi connectivity index (χ1n) is 11.5. The molecule has 1 aliphatic rings. The van der Waals surface area contributed by atoms with E-state index < -0.39 is 5.54 Å². The van der Waals surface area contributed by atoms with Crippen LogP contribution < -0.4 is 15.4 Å². The number of rotatable bonds is 10. The van der Waals surface area contributed by atoms with E-state index in [0.717, 1.165) is 50.5 Å². The normalized spacial score (nSPS) is 15.6. The zero-order valence-corrected chi connectivity index (χ0v) is 19.0. The molecular formula is C23H33N5O4. The lowest BCUT2D eigenvalue weighted by Crippen LogP contribution is -2.45. The first-order valence-corrected chi connectivity index (χ1v) is 11.5. The summed E-state index contributed by atoms with van der Waals surface area (Å²) in [6.07, 6.45) is 8.97. The smallest absolute Gasteiger partial charge is 0.227 e. The quantitative estimate of drug-likeness (QED) is 0.541. The third-order valence-electron chi connectivity index (χ3n) is 5.60. The molecule has 1 aliphatic carbocycles. The van der Waals surface area contributed by atoms with Gasteiger partial charge in [0.25, 0.3) is 0 Å². The second-order valence-electron chi connectivity index (χ2n) is 8.28. The zero-order chi connectivity index (χ0) is 22.8. The molecule has 0 radical (unpaired) electrons. The Morgan fingerprint density at radius 1 is 1.22 bits per heavy atom. The minimum atomic E-state index is -0.582. The Hall–Kier alpha value is -2.97. The van der Waals surface area contributed by atoms with Gasteiger partial charge < -0.3 is 19.9 Å². The number of hydrogen-bond donors (Lipinski definition) is 2. The van der Waals surface area contributed by atoms with Crippen molar-refractivity contribution in [3.63, 3.8) is 0 Å². The predicted octanol–water partition coefficient (Wildman–Crippen LogP) is 3.19. The Bertz CT molecular complexity index is 890. The highest BCUT2D eigenvalue weighted by Crippen LogP contribution is 2.34. The predicted molar refractivity (Wildman–Crippen MR) is 118 cm³/mol. The van der Waals surface area contributed by atoms with Crippen molar-refractivity contribution >= 4 is 11.8 Å². The van der Waals surface area contributed by atoms with Crippen LogP contribution in [0.25, 0.3) is 0 Å². The molecule has 9 heteroatoms. The molecule has 2 N–H and O–H groups in total. The fraction of sp³-hybridized carbons (Fsp3) is 0.609. The van der Waals surface area contributed by atoms with Crippen LogP contribution in [-0.2, 0) is 28.1 Å². The molecule has 2 aromatic heterocycles. The van der Waals surface area contributed by atoms with Crippen molar-refractivity contribution in [2.75, 3.05) is 6.61 Å². The Morgan fingerprint density at radius 3 is 2.72 bits per heavy atom. The standard InChI is InChI=1S/C23H33N5O4/c1-3-15-31-21-18(9-8-14-24-21)16-25-19(30)10-11-20-26-22(28-32-20)23(27-17(2)29)12-6-4-5-7-13-23/h8-9,14H,3-7,10-13,15-16H2,1-2H3,(H,25,30)(H,27,29). The van der Waals surface area contributed by atoms with E-state index in [1.165, 1.54) is 6.92 Å². The molecule has 0 atom stereocenters. The fourth-order valence-electron chi connectivity index (χ4n) is 4.01. The first-order chi connectivity index (χ1) is 15.5. The van der Waals surface area contributed by atoms with Crippen LogP contribution in [0.4, 0.5) is 0 Å². The van der Waals surface area contributed by atoms with Crippen LogP contribution in [0.15, 0.2) is 22.9 Å². The Labute approximate surface area is 188 Å². The van der Waals surface area contributed by atoms with Crippen molar-refractivity contribution in [1.29, 1.82) is 0 Å². The van der Waals surface area contributed by atoms with Crippen LogP contribution in [-0.4, -0.2) is 33.5 Å². The monoisotopic (exact) mass is 443 g/mol. The number of nitrogens with one attached hydrogen (secondary N) is 2. The number of carbonyl (C=O) groups excluding carboxylic acids is 2. The van der Waals surface area contributed by atoms with Crippen molar-refractivity contribution in [2.24, 2.45) is 0 Å². The van der Waals surface area contributed by atoms with E-state index in [1.807, 2.05) is 19.1 Å². The van der Waals surface area contributed by atoms with Gasteiger partial charge in [-0.25, -0.2) is 4.98 Å². The van der Waals surface area contributed by atoms with Gasteiger partial charge >= 0.3 is 0 Å². The molecule has 0 saturated heterocycles. The Balaban J connectivity index is 1.55. The second kappa shape index (κ2) is 11.6. The second-order valence-corrected chi connectivity index (χ2v) is 8.28. The van der Waals surface area contributed by atoms with E-state index in [9.17, 15) is 9.59 Å². The summed E-state index contributed by atoms with van der Waals surface area (Å²) in [6.45, 7) is 4.46. The Kier molecular flexibility index (Phi) is 8.58. The van der Waals surface area contributed by atoms with Gasteiger partial charge in [0.15, 0.2) is 5.82 Å². The van der Waals surface area contributed by atoms with Crippen LogP contribution in [0.5, 0.6) is 5.88 Å². The number of nitrogens with zero attached hydrogens (tertiary/aromatic N) is 3. The summed E-state index contributed by atoms with van der Waals surface area (Å²) in [7, 11) is 0. The Morgan fingerprint density at radius 2 is 2.00 bits per heavy atom. The van der Waals surface area contributed by atoms with E-state index in [0.29, 0.717) is 37.2 Å². The molecular weight excluding hydrogens is 410 g/mol. The molecule has 2 heterocycles. The average Bonchev–Trinajstić information content (AvgIpc) is 3.15. The molecule has 0 unspecified atom stereocenters. The number of aromatic nitrogens is 3.